The number of nitrogens with zero attached hydrogens (tertiary/aromatic N) is 1. The number of esters is 1. The van der Waals surface area contributed by atoms with Crippen LogP contribution in [0.15, 0.2) is 18.3 Å². The SMILES string of the molecule is O=C1O[C@@]2(C[C@@H](O)[C@@H](CO)O2)Cn2cccc21. The minimum atomic E-state index is -1.14. The molecule has 92 valence electrons. The fourth-order valence-electron chi connectivity index (χ4n) is 2.43. The highest BCUT2D eigenvalue weighted by molar-refractivity contribution is 5.88. The average Bonchev–Trinajstić information content (AvgIpc) is 2.84. The van der Waals surface area contributed by atoms with Gasteiger partial charge in [-0.1, -0.05) is 0 Å². The lowest BCUT2D eigenvalue weighted by molar-refractivity contribution is -0.213. The van der Waals surface area contributed by atoms with Crippen molar-refractivity contribution in [2.75, 3.05) is 6.61 Å². The molecular formula is C11H13NO5. The molecule has 3 atom stereocenters. The normalized spacial score (nSPS) is 36.0. The highest BCUT2D eigenvalue weighted by Crippen LogP contribution is 2.36. The number of carbonyl (C=O) groups excluding carboxylic acids is 1. The van der Waals surface area contributed by atoms with Crippen LogP contribution in [0, 0.1) is 0 Å². The Morgan fingerprint density at radius 1 is 1.59 bits per heavy atom. The topological polar surface area (TPSA) is 80.9 Å². The number of ether oxygens (including phenoxy) is 2. The molecule has 17 heavy (non-hydrogen) atoms. The molecule has 1 spiro atoms. The summed E-state index contributed by atoms with van der Waals surface area (Å²) in [4.78, 5) is 11.7. The number of fused-ring (bicyclic) bond motifs is 1. The molecule has 1 fully saturated rings. The summed E-state index contributed by atoms with van der Waals surface area (Å²) in [7, 11) is 0. The summed E-state index contributed by atoms with van der Waals surface area (Å²) in [5, 5.41) is 18.7. The lowest BCUT2D eigenvalue weighted by Crippen LogP contribution is -2.44. The smallest absolute Gasteiger partial charge is 0.357 e. The van der Waals surface area contributed by atoms with Crippen LogP contribution in [0.25, 0.3) is 0 Å². The molecule has 0 amide bonds. The third-order valence-electron chi connectivity index (χ3n) is 3.22. The third kappa shape index (κ3) is 1.56. The Labute approximate surface area is 97.4 Å². The molecule has 6 nitrogen and oxygen atoms in total. The van der Waals surface area contributed by atoms with Crippen LogP contribution in [0.3, 0.4) is 0 Å². The molecule has 0 aromatic carbocycles. The van der Waals surface area contributed by atoms with Crippen LogP contribution in [0.4, 0.5) is 0 Å². The van der Waals surface area contributed by atoms with Gasteiger partial charge in [-0.25, -0.2) is 4.79 Å². The van der Waals surface area contributed by atoms with Crippen molar-refractivity contribution in [2.24, 2.45) is 0 Å². The second kappa shape index (κ2) is 3.56. The lowest BCUT2D eigenvalue weighted by Gasteiger charge is -2.33. The van der Waals surface area contributed by atoms with Gasteiger partial charge in [0.1, 0.15) is 11.8 Å². The van der Waals surface area contributed by atoms with Crippen molar-refractivity contribution in [3.63, 3.8) is 0 Å². The maximum Gasteiger partial charge on any atom is 0.357 e. The van der Waals surface area contributed by atoms with Gasteiger partial charge in [-0.15, -0.1) is 0 Å². The van der Waals surface area contributed by atoms with Gasteiger partial charge in [0.2, 0.25) is 5.79 Å². The predicted octanol–water partition coefficient (Wildman–Crippen LogP) is -0.503. The summed E-state index contributed by atoms with van der Waals surface area (Å²) < 4.78 is 12.5. The lowest BCUT2D eigenvalue weighted by atomic mass is 10.1. The van der Waals surface area contributed by atoms with Crippen LogP contribution in [-0.4, -0.2) is 45.4 Å². The van der Waals surface area contributed by atoms with E-state index in [-0.39, 0.29) is 13.0 Å². The number of aliphatic hydroxyl groups excluding tert-OH is 2. The minimum absolute atomic E-state index is 0.182. The quantitative estimate of drug-likeness (QED) is 0.645. The van der Waals surface area contributed by atoms with Crippen LogP contribution in [0.2, 0.25) is 0 Å². The van der Waals surface area contributed by atoms with E-state index in [4.69, 9.17) is 14.6 Å². The highest BCUT2D eigenvalue weighted by atomic mass is 16.7. The molecule has 2 aliphatic rings. The second-order valence-electron chi connectivity index (χ2n) is 4.43. The van der Waals surface area contributed by atoms with Crippen LogP contribution in [0.1, 0.15) is 16.9 Å². The third-order valence-corrected chi connectivity index (χ3v) is 3.22. The van der Waals surface area contributed by atoms with Crippen molar-refractivity contribution in [1.29, 1.82) is 0 Å². The Morgan fingerprint density at radius 2 is 2.41 bits per heavy atom. The number of aliphatic hydroxyl groups is 2. The standard InChI is InChI=1S/C11H13NO5/c13-5-9-8(14)4-11(16-9)6-12-3-1-2-7(12)10(15)17-11/h1-3,8-9,13-14H,4-6H2/t8-,9-,11+/m1/s1. The maximum absolute atomic E-state index is 11.7. The van der Waals surface area contributed by atoms with Crippen LogP contribution >= 0.6 is 0 Å². The molecule has 6 heteroatoms. The highest BCUT2D eigenvalue weighted by Gasteiger charge is 2.51. The van der Waals surface area contributed by atoms with Gasteiger partial charge >= 0.3 is 5.97 Å². The summed E-state index contributed by atoms with van der Waals surface area (Å²) in [6.07, 6.45) is 0.436. The molecular weight excluding hydrogens is 226 g/mol. The van der Waals surface area contributed by atoms with E-state index in [1.807, 2.05) is 0 Å². The molecule has 0 saturated carbocycles. The van der Waals surface area contributed by atoms with Crippen LogP contribution < -0.4 is 0 Å². The first kappa shape index (κ1) is 10.8. The Kier molecular flexibility index (Phi) is 2.25. The largest absolute Gasteiger partial charge is 0.426 e. The average molecular weight is 239 g/mol. The van der Waals surface area contributed by atoms with Crippen molar-refractivity contribution < 1.29 is 24.5 Å². The molecule has 0 aliphatic carbocycles. The summed E-state index contributed by atoms with van der Waals surface area (Å²) in [6, 6.07) is 3.43. The van der Waals surface area contributed by atoms with Gasteiger partial charge < -0.3 is 24.3 Å². The fraction of sp³-hybridized carbons (Fsp3) is 0.545. The summed E-state index contributed by atoms with van der Waals surface area (Å²) in [5.41, 5.74) is 0.473. The number of hydrogen-bond donors (Lipinski definition) is 2. The Morgan fingerprint density at radius 3 is 3.12 bits per heavy atom. The number of rotatable bonds is 1. The molecule has 0 bridgehead atoms. The van der Waals surface area contributed by atoms with E-state index in [9.17, 15) is 9.90 Å². The van der Waals surface area contributed by atoms with Gasteiger partial charge in [-0.2, -0.15) is 0 Å². The van der Waals surface area contributed by atoms with Gasteiger partial charge in [-0.05, 0) is 12.1 Å². The molecule has 2 aliphatic heterocycles. The van der Waals surface area contributed by atoms with Crippen molar-refractivity contribution in [3.8, 4) is 0 Å². The second-order valence-corrected chi connectivity index (χ2v) is 4.43. The van der Waals surface area contributed by atoms with Crippen molar-refractivity contribution in [2.45, 2.75) is 31.0 Å². The van der Waals surface area contributed by atoms with E-state index in [0.717, 1.165) is 0 Å². The van der Waals surface area contributed by atoms with Gasteiger partial charge in [0.05, 0.1) is 19.3 Å². The maximum atomic E-state index is 11.7. The molecule has 1 aromatic heterocycles. The van der Waals surface area contributed by atoms with E-state index in [1.54, 1.807) is 22.9 Å². The van der Waals surface area contributed by atoms with Crippen LogP contribution in [0.5, 0.6) is 0 Å². The van der Waals surface area contributed by atoms with Gasteiger partial charge in [0.15, 0.2) is 0 Å². The van der Waals surface area contributed by atoms with Crippen molar-refractivity contribution in [3.05, 3.63) is 24.0 Å². The summed E-state index contributed by atoms with van der Waals surface area (Å²) in [6.45, 7) is 0.0492. The minimum Gasteiger partial charge on any atom is -0.426 e. The first-order chi connectivity index (χ1) is 8.13. The first-order valence-electron chi connectivity index (χ1n) is 5.49. The molecule has 0 unspecified atom stereocenters. The van der Waals surface area contributed by atoms with E-state index < -0.39 is 24.0 Å². The van der Waals surface area contributed by atoms with Gasteiger partial charge in [-0.3, -0.25) is 0 Å². The van der Waals surface area contributed by atoms with Crippen LogP contribution in [-0.2, 0) is 16.0 Å². The molecule has 3 rings (SSSR count). The molecule has 0 radical (unpaired) electrons. The van der Waals surface area contributed by atoms with E-state index >= 15 is 0 Å². The zero-order valence-electron chi connectivity index (χ0n) is 9.07. The number of hydrogen-bond acceptors (Lipinski definition) is 5. The first-order valence-corrected chi connectivity index (χ1v) is 5.49. The van der Waals surface area contributed by atoms with E-state index in [1.165, 1.54) is 0 Å². The molecule has 2 N–H and O–H groups in total. The summed E-state index contributed by atoms with van der Waals surface area (Å²) >= 11 is 0. The Balaban J connectivity index is 1.90. The van der Waals surface area contributed by atoms with Gasteiger partial charge in [0, 0.05) is 12.6 Å². The van der Waals surface area contributed by atoms with E-state index in [0.29, 0.717) is 12.2 Å². The predicted molar refractivity (Wildman–Crippen MR) is 55.2 cm³/mol. The molecule has 1 saturated heterocycles. The molecule has 1 aromatic rings. The summed E-state index contributed by atoms with van der Waals surface area (Å²) in [5.74, 6) is -1.61. The fourth-order valence-corrected chi connectivity index (χ4v) is 2.43. The van der Waals surface area contributed by atoms with Gasteiger partial charge in [0.25, 0.3) is 0 Å². The number of carbonyl (C=O) groups is 1. The number of aromatic nitrogens is 1. The van der Waals surface area contributed by atoms with Crippen molar-refractivity contribution in [1.82, 2.24) is 4.57 Å². The Bertz CT molecular complexity index is 456. The zero-order chi connectivity index (χ0) is 12.0. The monoisotopic (exact) mass is 239 g/mol. The molecule has 3 heterocycles. The Hall–Kier alpha value is -1.37. The van der Waals surface area contributed by atoms with E-state index in [2.05, 4.69) is 0 Å². The van der Waals surface area contributed by atoms with Crippen molar-refractivity contribution >= 4 is 5.97 Å². The zero-order valence-corrected chi connectivity index (χ0v) is 9.07.